The van der Waals surface area contributed by atoms with Crippen LogP contribution >= 0.6 is 0 Å². The van der Waals surface area contributed by atoms with Crippen LogP contribution in [0.25, 0.3) is 0 Å². The Bertz CT molecular complexity index is 681. The van der Waals surface area contributed by atoms with Crippen molar-refractivity contribution >= 4 is 11.8 Å². The van der Waals surface area contributed by atoms with Crippen LogP contribution in [-0.2, 0) is 14.3 Å². The van der Waals surface area contributed by atoms with Gasteiger partial charge in [0.2, 0.25) is 0 Å². The summed E-state index contributed by atoms with van der Waals surface area (Å²) < 4.78 is 16.3. The molecule has 2 heterocycles. The van der Waals surface area contributed by atoms with E-state index in [9.17, 15) is 15.0 Å². The Labute approximate surface area is 158 Å². The predicted octanol–water partition coefficient (Wildman–Crippen LogP) is 1.14. The van der Waals surface area contributed by atoms with Crippen molar-refractivity contribution in [1.82, 2.24) is 9.88 Å². The van der Waals surface area contributed by atoms with Crippen molar-refractivity contribution in [3.8, 4) is 11.5 Å². The number of aromatic nitrogens is 1. The van der Waals surface area contributed by atoms with Crippen molar-refractivity contribution in [2.24, 2.45) is 4.99 Å². The summed E-state index contributed by atoms with van der Waals surface area (Å²) in [6, 6.07) is 1.54. The number of aliphatic imine (C=N–C) groups is 1. The molecule has 0 amide bonds. The van der Waals surface area contributed by atoms with Crippen molar-refractivity contribution in [2.75, 3.05) is 46.6 Å². The molecule has 0 unspecified atom stereocenters. The van der Waals surface area contributed by atoms with Gasteiger partial charge in [-0.25, -0.2) is 14.8 Å². The van der Waals surface area contributed by atoms with Crippen molar-refractivity contribution in [3.63, 3.8) is 0 Å². The SMILES string of the molecule is CCCOCCOCCOc1ccnc(C2=N[C@@](C)(C(=O)O)CN2C)c1O. The zero-order chi connectivity index (χ0) is 19.9. The zero-order valence-electron chi connectivity index (χ0n) is 16.0. The molecule has 0 radical (unpaired) electrons. The first-order valence-corrected chi connectivity index (χ1v) is 8.90. The maximum atomic E-state index is 11.4. The number of aliphatic carboxylic acids is 1. The number of nitrogens with zero attached hydrogens (tertiary/aromatic N) is 3. The monoisotopic (exact) mass is 381 g/mol. The number of hydrogen-bond donors (Lipinski definition) is 2. The van der Waals surface area contributed by atoms with Crippen molar-refractivity contribution in [2.45, 2.75) is 25.8 Å². The molecular weight excluding hydrogens is 354 g/mol. The summed E-state index contributed by atoms with van der Waals surface area (Å²) in [4.78, 5) is 21.5. The maximum Gasteiger partial charge on any atom is 0.333 e. The number of likely N-dealkylation sites (N-methyl/N-ethyl adjacent to an activating group) is 1. The Hall–Kier alpha value is -2.39. The van der Waals surface area contributed by atoms with Crippen LogP contribution in [0.3, 0.4) is 0 Å². The number of carboxylic acid groups (broad SMARTS) is 1. The van der Waals surface area contributed by atoms with Gasteiger partial charge >= 0.3 is 5.97 Å². The first-order valence-electron chi connectivity index (χ1n) is 8.90. The molecular formula is C18H27N3O6. The predicted molar refractivity (Wildman–Crippen MR) is 98.5 cm³/mol. The van der Waals surface area contributed by atoms with E-state index in [1.54, 1.807) is 11.9 Å². The van der Waals surface area contributed by atoms with Gasteiger partial charge in [-0.15, -0.1) is 0 Å². The van der Waals surface area contributed by atoms with Gasteiger partial charge in [0.25, 0.3) is 0 Å². The van der Waals surface area contributed by atoms with Gasteiger partial charge in [-0.2, -0.15) is 0 Å². The van der Waals surface area contributed by atoms with Gasteiger partial charge < -0.3 is 29.3 Å². The number of amidine groups is 1. The number of carbonyl (C=O) groups is 1. The number of ether oxygens (including phenoxy) is 3. The summed E-state index contributed by atoms with van der Waals surface area (Å²) in [6.45, 7) is 6.09. The van der Waals surface area contributed by atoms with E-state index >= 15 is 0 Å². The lowest BCUT2D eigenvalue weighted by molar-refractivity contribution is -0.142. The van der Waals surface area contributed by atoms with Gasteiger partial charge in [0.15, 0.2) is 28.6 Å². The van der Waals surface area contributed by atoms with Gasteiger partial charge in [0.1, 0.15) is 6.61 Å². The molecule has 150 valence electrons. The van der Waals surface area contributed by atoms with E-state index in [4.69, 9.17) is 14.2 Å². The van der Waals surface area contributed by atoms with Crippen LogP contribution in [0.1, 0.15) is 26.0 Å². The van der Waals surface area contributed by atoms with E-state index in [0.29, 0.717) is 32.3 Å². The molecule has 0 aromatic carbocycles. The van der Waals surface area contributed by atoms with Gasteiger partial charge in [-0.3, -0.25) is 0 Å². The fourth-order valence-electron chi connectivity index (χ4n) is 2.63. The molecule has 0 saturated heterocycles. The van der Waals surface area contributed by atoms with E-state index in [0.717, 1.165) is 6.42 Å². The normalized spacial score (nSPS) is 19.2. The molecule has 9 heteroatoms. The fraction of sp³-hybridized carbons (Fsp3) is 0.611. The smallest absolute Gasteiger partial charge is 0.333 e. The Morgan fingerprint density at radius 3 is 2.56 bits per heavy atom. The average Bonchev–Trinajstić information content (AvgIpc) is 2.94. The average molecular weight is 381 g/mol. The third kappa shape index (κ3) is 5.30. The van der Waals surface area contributed by atoms with Crippen LogP contribution in [0.15, 0.2) is 17.3 Å². The first kappa shape index (κ1) is 20.9. The molecule has 0 fully saturated rings. The van der Waals surface area contributed by atoms with E-state index < -0.39 is 11.5 Å². The second-order valence-electron chi connectivity index (χ2n) is 6.45. The standard InChI is InChI=1S/C18H27N3O6/c1-4-7-25-8-9-26-10-11-27-13-5-6-19-14(15(13)22)16-20-18(2,17(23)24)12-21(16)3/h5-6,22H,4,7-12H2,1-3H3,(H,23,24)/t18-/m1/s1. The fourth-order valence-corrected chi connectivity index (χ4v) is 2.63. The molecule has 0 spiro atoms. The second-order valence-corrected chi connectivity index (χ2v) is 6.45. The largest absolute Gasteiger partial charge is 0.503 e. The lowest BCUT2D eigenvalue weighted by atomic mass is 10.1. The van der Waals surface area contributed by atoms with Crippen molar-refractivity contribution in [3.05, 3.63) is 18.0 Å². The molecule has 1 aromatic rings. The molecule has 0 aliphatic carbocycles. The Balaban J connectivity index is 1.95. The Morgan fingerprint density at radius 2 is 1.93 bits per heavy atom. The molecule has 1 aromatic heterocycles. The number of pyridine rings is 1. The molecule has 1 aliphatic rings. The van der Waals surface area contributed by atoms with Crippen LogP contribution in [0.2, 0.25) is 0 Å². The Kier molecular flexibility index (Phi) is 7.37. The molecule has 1 atom stereocenters. The highest BCUT2D eigenvalue weighted by Gasteiger charge is 2.41. The number of hydrogen-bond acceptors (Lipinski definition) is 8. The molecule has 0 saturated carbocycles. The summed E-state index contributed by atoms with van der Waals surface area (Å²) in [5.74, 6) is -0.654. The summed E-state index contributed by atoms with van der Waals surface area (Å²) in [6.07, 6.45) is 2.45. The Morgan fingerprint density at radius 1 is 1.26 bits per heavy atom. The summed E-state index contributed by atoms with van der Waals surface area (Å²) >= 11 is 0. The summed E-state index contributed by atoms with van der Waals surface area (Å²) in [5, 5.41) is 19.8. The summed E-state index contributed by atoms with van der Waals surface area (Å²) in [7, 11) is 1.70. The maximum absolute atomic E-state index is 11.4. The molecule has 27 heavy (non-hydrogen) atoms. The highest BCUT2D eigenvalue weighted by Crippen LogP contribution is 2.32. The molecule has 2 rings (SSSR count). The van der Waals surface area contributed by atoms with E-state index in [1.165, 1.54) is 19.2 Å². The third-order valence-electron chi connectivity index (χ3n) is 4.02. The zero-order valence-corrected chi connectivity index (χ0v) is 16.0. The lowest BCUT2D eigenvalue weighted by Crippen LogP contribution is -2.38. The van der Waals surface area contributed by atoms with Crippen LogP contribution in [0, 0.1) is 0 Å². The van der Waals surface area contributed by atoms with Crippen LogP contribution in [0.4, 0.5) is 0 Å². The number of aromatic hydroxyl groups is 1. The third-order valence-corrected chi connectivity index (χ3v) is 4.02. The quantitative estimate of drug-likeness (QED) is 0.549. The van der Waals surface area contributed by atoms with Crippen LogP contribution < -0.4 is 4.74 Å². The van der Waals surface area contributed by atoms with Crippen molar-refractivity contribution < 1.29 is 29.2 Å². The number of rotatable bonds is 11. The van der Waals surface area contributed by atoms with Gasteiger partial charge in [0.05, 0.1) is 26.4 Å². The van der Waals surface area contributed by atoms with E-state index in [-0.39, 0.29) is 30.3 Å². The van der Waals surface area contributed by atoms with Gasteiger partial charge in [-0.1, -0.05) is 6.92 Å². The van der Waals surface area contributed by atoms with E-state index in [1.807, 2.05) is 6.92 Å². The number of carboxylic acids is 1. The second kappa shape index (κ2) is 9.52. The minimum Gasteiger partial charge on any atom is -0.503 e. The molecule has 0 bridgehead atoms. The highest BCUT2D eigenvalue weighted by molar-refractivity contribution is 6.03. The lowest BCUT2D eigenvalue weighted by Gasteiger charge is -2.17. The topological polar surface area (TPSA) is 114 Å². The minimum absolute atomic E-state index is 0.177. The first-order chi connectivity index (χ1) is 12.9. The summed E-state index contributed by atoms with van der Waals surface area (Å²) in [5.41, 5.74) is -1.09. The van der Waals surface area contributed by atoms with Crippen molar-refractivity contribution in [1.29, 1.82) is 0 Å². The van der Waals surface area contributed by atoms with Gasteiger partial charge in [-0.05, 0) is 13.3 Å². The van der Waals surface area contributed by atoms with Crippen LogP contribution in [-0.4, -0.2) is 84.1 Å². The van der Waals surface area contributed by atoms with Crippen LogP contribution in [0.5, 0.6) is 11.5 Å². The molecule has 1 aliphatic heterocycles. The van der Waals surface area contributed by atoms with Gasteiger partial charge in [0, 0.05) is 25.9 Å². The molecule has 2 N–H and O–H groups in total. The highest BCUT2D eigenvalue weighted by atomic mass is 16.5. The molecule has 9 nitrogen and oxygen atoms in total. The van der Waals surface area contributed by atoms with E-state index in [2.05, 4.69) is 9.98 Å². The minimum atomic E-state index is -1.28.